The Morgan fingerprint density at radius 3 is 2.25 bits per heavy atom. The molecule has 2 aliphatic heterocycles. The van der Waals surface area contributed by atoms with Gasteiger partial charge in [-0.15, -0.1) is 0 Å². The number of hydrogen-bond donors (Lipinski definition) is 0. The summed E-state index contributed by atoms with van der Waals surface area (Å²) in [6, 6.07) is 24.0. The lowest BCUT2D eigenvalue weighted by Crippen LogP contribution is -2.36. The number of hydrogen-bond acceptors (Lipinski definition) is 6. The highest BCUT2D eigenvalue weighted by atomic mass is 16.7. The molecular formula is C24H19N3O5. The van der Waals surface area contributed by atoms with Gasteiger partial charge in [0.1, 0.15) is 5.92 Å². The quantitative estimate of drug-likeness (QED) is 0.349. The molecule has 8 nitrogen and oxygen atoms in total. The molecular weight excluding hydrogens is 410 g/mol. The predicted molar refractivity (Wildman–Crippen MR) is 115 cm³/mol. The van der Waals surface area contributed by atoms with Crippen LogP contribution in [0.25, 0.3) is 0 Å². The molecule has 0 spiro atoms. The van der Waals surface area contributed by atoms with E-state index in [0.29, 0.717) is 5.69 Å². The minimum Gasteiger partial charge on any atom is -0.275 e. The fraction of sp³-hybridized carbons (Fsp3) is 0.167. The van der Waals surface area contributed by atoms with Crippen molar-refractivity contribution in [3.8, 4) is 0 Å². The Kier molecular flexibility index (Phi) is 4.91. The number of rotatable bonds is 5. The van der Waals surface area contributed by atoms with Crippen molar-refractivity contribution in [2.45, 2.75) is 18.7 Å². The van der Waals surface area contributed by atoms with Crippen LogP contribution in [-0.4, -0.2) is 27.7 Å². The number of anilines is 1. The fourth-order valence-electron chi connectivity index (χ4n) is 4.35. The van der Waals surface area contributed by atoms with Crippen molar-refractivity contribution < 1.29 is 19.3 Å². The van der Waals surface area contributed by atoms with Crippen molar-refractivity contribution in [3.63, 3.8) is 0 Å². The molecule has 0 bridgehead atoms. The lowest BCUT2D eigenvalue weighted by molar-refractivity contribution is -0.384. The summed E-state index contributed by atoms with van der Waals surface area (Å²) >= 11 is 0. The van der Waals surface area contributed by atoms with E-state index >= 15 is 0 Å². The molecule has 8 heteroatoms. The normalized spacial score (nSPS) is 22.3. The number of imide groups is 1. The predicted octanol–water partition coefficient (Wildman–Crippen LogP) is 3.64. The van der Waals surface area contributed by atoms with Crippen LogP contribution in [0.1, 0.15) is 17.2 Å². The molecule has 0 aliphatic carbocycles. The van der Waals surface area contributed by atoms with Gasteiger partial charge in [0, 0.05) is 12.1 Å². The third kappa shape index (κ3) is 3.30. The molecule has 0 radical (unpaired) electrons. The molecule has 0 saturated carbocycles. The minimum absolute atomic E-state index is 0.0988. The smallest absolute Gasteiger partial charge is 0.271 e. The molecule has 2 amide bonds. The second-order valence-corrected chi connectivity index (χ2v) is 7.76. The number of non-ortho nitro benzene ring substituents is 1. The van der Waals surface area contributed by atoms with Crippen molar-refractivity contribution >= 4 is 23.2 Å². The molecule has 2 fully saturated rings. The van der Waals surface area contributed by atoms with Gasteiger partial charge in [0.15, 0.2) is 6.10 Å². The third-order valence-electron chi connectivity index (χ3n) is 5.83. The van der Waals surface area contributed by atoms with Gasteiger partial charge in [-0.05, 0) is 17.2 Å². The lowest BCUT2D eigenvalue weighted by atomic mass is 9.90. The van der Waals surface area contributed by atoms with Gasteiger partial charge in [-0.3, -0.25) is 29.4 Å². The number of carbonyl (C=O) groups excluding carboxylic acids is 2. The van der Waals surface area contributed by atoms with Crippen molar-refractivity contribution in [2.75, 3.05) is 5.06 Å². The van der Waals surface area contributed by atoms with Gasteiger partial charge in [0.25, 0.3) is 11.6 Å². The van der Waals surface area contributed by atoms with Gasteiger partial charge < -0.3 is 0 Å². The average molecular weight is 429 g/mol. The molecule has 3 aromatic rings. The van der Waals surface area contributed by atoms with Crippen molar-refractivity contribution in [2.24, 2.45) is 5.92 Å². The van der Waals surface area contributed by atoms with E-state index in [-0.39, 0.29) is 18.1 Å². The highest BCUT2D eigenvalue weighted by molar-refractivity contribution is 6.07. The summed E-state index contributed by atoms with van der Waals surface area (Å²) in [5.41, 5.74) is 1.95. The average Bonchev–Trinajstić information content (AvgIpc) is 3.32. The number of amides is 2. The SMILES string of the molecule is O=C1[C@H]2[C@@H](ON(c3cccc([N+](=O)[O-])c3)[C@H]2c2ccccc2)C(=O)N1Cc1ccccc1. The zero-order chi connectivity index (χ0) is 22.2. The van der Waals surface area contributed by atoms with Gasteiger partial charge in [0.05, 0.1) is 23.2 Å². The molecule has 3 aromatic carbocycles. The Morgan fingerprint density at radius 1 is 0.875 bits per heavy atom. The first-order valence-electron chi connectivity index (χ1n) is 10.2. The van der Waals surface area contributed by atoms with E-state index in [0.717, 1.165) is 11.1 Å². The number of nitrogens with zero attached hydrogens (tertiary/aromatic N) is 3. The summed E-state index contributed by atoms with van der Waals surface area (Å²) in [7, 11) is 0. The van der Waals surface area contributed by atoms with Crippen LogP contribution >= 0.6 is 0 Å². The number of carbonyl (C=O) groups is 2. The first-order valence-corrected chi connectivity index (χ1v) is 10.2. The molecule has 160 valence electrons. The fourth-order valence-corrected chi connectivity index (χ4v) is 4.35. The summed E-state index contributed by atoms with van der Waals surface area (Å²) in [5, 5.41) is 12.7. The van der Waals surface area contributed by atoms with E-state index < -0.39 is 28.9 Å². The Bertz CT molecular complexity index is 1180. The van der Waals surface area contributed by atoms with E-state index in [1.54, 1.807) is 12.1 Å². The Morgan fingerprint density at radius 2 is 1.56 bits per heavy atom. The van der Waals surface area contributed by atoms with Crippen LogP contribution in [-0.2, 0) is 21.0 Å². The Hall–Kier alpha value is -4.04. The number of likely N-dealkylation sites (tertiary alicyclic amines) is 1. The summed E-state index contributed by atoms with van der Waals surface area (Å²) in [4.78, 5) is 44.6. The van der Waals surface area contributed by atoms with Crippen molar-refractivity contribution in [3.05, 3.63) is 106 Å². The van der Waals surface area contributed by atoms with Crippen LogP contribution in [0.5, 0.6) is 0 Å². The molecule has 0 aromatic heterocycles. The summed E-state index contributed by atoms with van der Waals surface area (Å²) < 4.78 is 0. The number of nitro groups is 1. The van der Waals surface area contributed by atoms with E-state index in [9.17, 15) is 19.7 Å². The number of benzene rings is 3. The maximum absolute atomic E-state index is 13.4. The number of nitro benzene ring substituents is 1. The molecule has 0 N–H and O–H groups in total. The standard InChI is InChI=1S/C24H19N3O5/c28-23-20-21(17-10-5-2-6-11-17)26(18-12-7-13-19(14-18)27(30)31)32-22(20)24(29)25(23)15-16-8-3-1-4-9-16/h1-14,20-22H,15H2/t20-,21+,22-/m1/s1. The maximum Gasteiger partial charge on any atom is 0.271 e. The second kappa shape index (κ2) is 7.90. The highest BCUT2D eigenvalue weighted by Crippen LogP contribution is 2.47. The second-order valence-electron chi connectivity index (χ2n) is 7.76. The van der Waals surface area contributed by atoms with E-state index in [1.807, 2.05) is 60.7 Å². The van der Waals surface area contributed by atoms with E-state index in [1.165, 1.54) is 22.1 Å². The number of hydroxylamine groups is 1. The van der Waals surface area contributed by atoms with Crippen LogP contribution in [0, 0.1) is 16.0 Å². The Balaban J connectivity index is 1.53. The molecule has 5 rings (SSSR count). The van der Waals surface area contributed by atoms with Crippen LogP contribution in [0.2, 0.25) is 0 Å². The minimum atomic E-state index is -0.990. The maximum atomic E-state index is 13.4. The zero-order valence-corrected chi connectivity index (χ0v) is 16.9. The van der Waals surface area contributed by atoms with Gasteiger partial charge in [-0.2, -0.15) is 0 Å². The lowest BCUT2D eigenvalue weighted by Gasteiger charge is -2.28. The van der Waals surface area contributed by atoms with E-state index in [4.69, 9.17) is 4.84 Å². The molecule has 3 atom stereocenters. The monoisotopic (exact) mass is 429 g/mol. The van der Waals surface area contributed by atoms with Gasteiger partial charge in [-0.1, -0.05) is 66.7 Å². The van der Waals surface area contributed by atoms with Gasteiger partial charge >= 0.3 is 0 Å². The van der Waals surface area contributed by atoms with Crippen LogP contribution < -0.4 is 5.06 Å². The van der Waals surface area contributed by atoms with Crippen LogP contribution in [0.15, 0.2) is 84.9 Å². The summed E-state index contributed by atoms with van der Waals surface area (Å²) in [5.74, 6) is -1.48. The molecule has 2 heterocycles. The van der Waals surface area contributed by atoms with Crippen LogP contribution in [0.3, 0.4) is 0 Å². The summed E-state index contributed by atoms with van der Waals surface area (Å²) in [6.45, 7) is 0.174. The van der Waals surface area contributed by atoms with Crippen LogP contribution in [0.4, 0.5) is 11.4 Å². The Labute approximate surface area is 183 Å². The van der Waals surface area contributed by atoms with E-state index in [2.05, 4.69) is 0 Å². The van der Waals surface area contributed by atoms with Gasteiger partial charge in [-0.25, -0.2) is 5.06 Å². The largest absolute Gasteiger partial charge is 0.275 e. The topological polar surface area (TPSA) is 93.0 Å². The third-order valence-corrected chi connectivity index (χ3v) is 5.83. The zero-order valence-electron chi connectivity index (χ0n) is 16.9. The van der Waals surface area contributed by atoms with Gasteiger partial charge in [0.2, 0.25) is 5.91 Å². The first kappa shape index (κ1) is 19.9. The first-order chi connectivity index (χ1) is 15.5. The molecule has 2 saturated heterocycles. The van der Waals surface area contributed by atoms with Crippen molar-refractivity contribution in [1.29, 1.82) is 0 Å². The highest BCUT2D eigenvalue weighted by Gasteiger charge is 2.59. The summed E-state index contributed by atoms with van der Waals surface area (Å²) in [6.07, 6.45) is -0.990. The molecule has 0 unspecified atom stereocenters. The molecule has 2 aliphatic rings. The number of fused-ring (bicyclic) bond motifs is 1. The van der Waals surface area contributed by atoms with Crippen molar-refractivity contribution in [1.82, 2.24) is 4.90 Å². The molecule has 32 heavy (non-hydrogen) atoms.